The summed E-state index contributed by atoms with van der Waals surface area (Å²) in [6, 6.07) is 34.6. The Labute approximate surface area is 138 Å². The van der Waals surface area contributed by atoms with Crippen LogP contribution in [-0.4, -0.2) is 0 Å². The molecule has 1 atom stereocenters. The minimum absolute atomic E-state index is 0.444. The molecule has 0 nitrogen and oxygen atoms in total. The van der Waals surface area contributed by atoms with Gasteiger partial charge in [-0.1, -0.05) is 98.5 Å². The van der Waals surface area contributed by atoms with E-state index in [1.807, 2.05) is 0 Å². The molecule has 0 saturated heterocycles. The molecule has 1 heterocycles. The predicted octanol–water partition coefficient (Wildman–Crippen LogP) is 7.00. The highest BCUT2D eigenvalue weighted by molar-refractivity contribution is 7.60. The number of benzene rings is 3. The summed E-state index contributed by atoms with van der Waals surface area (Å²) in [7, 11) is -0.444. The van der Waals surface area contributed by atoms with Crippen molar-refractivity contribution in [3.63, 3.8) is 0 Å². The van der Waals surface area contributed by atoms with Gasteiger partial charge in [0.25, 0.3) is 0 Å². The molecule has 0 saturated carbocycles. The maximum Gasteiger partial charge on any atom is 0.0135 e. The largest absolute Gasteiger partial charge is 0.0847 e. The van der Waals surface area contributed by atoms with Crippen LogP contribution in [0.25, 0.3) is 27.3 Å². The molecule has 0 bridgehead atoms. The van der Waals surface area contributed by atoms with Crippen LogP contribution in [0.15, 0.2) is 103 Å². The van der Waals surface area contributed by atoms with Gasteiger partial charge in [0.1, 0.15) is 0 Å². The second-order valence-corrected chi connectivity index (χ2v) is 7.52. The maximum absolute atomic E-state index is 2.38. The van der Waals surface area contributed by atoms with E-state index in [0.717, 1.165) is 0 Å². The van der Waals surface area contributed by atoms with E-state index in [2.05, 4.69) is 103 Å². The van der Waals surface area contributed by atoms with E-state index in [1.54, 1.807) is 0 Å². The first-order chi connectivity index (χ1) is 11.4. The fourth-order valence-corrected chi connectivity index (χ4v) is 5.24. The predicted molar refractivity (Wildman–Crippen MR) is 101 cm³/mol. The zero-order chi connectivity index (χ0) is 15.5. The summed E-state index contributed by atoms with van der Waals surface area (Å²) < 4.78 is 0. The van der Waals surface area contributed by atoms with Gasteiger partial charge in [0.2, 0.25) is 0 Å². The molecule has 0 aliphatic heterocycles. The monoisotopic (exact) mass is 312 g/mol. The van der Waals surface area contributed by atoms with Crippen molar-refractivity contribution in [2.45, 2.75) is 0 Å². The fraction of sp³-hybridized carbons (Fsp3) is 0. The summed E-state index contributed by atoms with van der Waals surface area (Å²) in [6.45, 7) is 0. The minimum atomic E-state index is -0.444. The van der Waals surface area contributed by atoms with Gasteiger partial charge in [-0.3, -0.25) is 0 Å². The van der Waals surface area contributed by atoms with E-state index in [4.69, 9.17) is 0 Å². The van der Waals surface area contributed by atoms with Crippen LogP contribution in [0.3, 0.4) is 0 Å². The third kappa shape index (κ3) is 2.74. The normalized spacial score (nSPS) is 11.4. The Morgan fingerprint density at radius 3 is 1.61 bits per heavy atom. The van der Waals surface area contributed by atoms with Crippen LogP contribution >= 0.6 is 7.53 Å². The summed E-state index contributed by atoms with van der Waals surface area (Å²) in [5.41, 5.74) is 3.97. The second-order valence-electron chi connectivity index (χ2n) is 5.52. The molecule has 0 fully saturated rings. The molecule has 1 heteroatoms. The zero-order valence-corrected chi connectivity index (χ0v) is 13.7. The second kappa shape index (κ2) is 6.28. The quantitative estimate of drug-likeness (QED) is 0.382. The Hall–Kier alpha value is -2.56. The minimum Gasteiger partial charge on any atom is -0.0847 e. The van der Waals surface area contributed by atoms with Crippen LogP contribution < -0.4 is 0 Å². The van der Waals surface area contributed by atoms with Gasteiger partial charge < -0.3 is 0 Å². The standard InChI is InChI=1S/C22H17P/c1-4-10-18(11-5-1)21-16-17-23(20-14-8-3-9-15-20)22(21)19-12-6-2-7-13-19/h1-17H. The summed E-state index contributed by atoms with van der Waals surface area (Å²) in [5, 5.41) is 2.86. The van der Waals surface area contributed by atoms with Gasteiger partial charge in [-0.15, -0.1) is 0 Å². The van der Waals surface area contributed by atoms with E-state index >= 15 is 0 Å². The molecule has 23 heavy (non-hydrogen) atoms. The highest BCUT2D eigenvalue weighted by Crippen LogP contribution is 2.54. The van der Waals surface area contributed by atoms with Crippen LogP contribution in [0.5, 0.6) is 0 Å². The van der Waals surface area contributed by atoms with Crippen molar-refractivity contribution < 1.29 is 0 Å². The summed E-state index contributed by atoms with van der Waals surface area (Å²) in [4.78, 5) is 0. The highest BCUT2D eigenvalue weighted by Gasteiger charge is 2.14. The smallest absolute Gasteiger partial charge is 0.0135 e. The summed E-state index contributed by atoms with van der Waals surface area (Å²) in [6.07, 6.45) is 0. The van der Waals surface area contributed by atoms with E-state index in [9.17, 15) is 0 Å². The Balaban J connectivity index is 1.97. The van der Waals surface area contributed by atoms with Gasteiger partial charge in [0, 0.05) is 5.30 Å². The van der Waals surface area contributed by atoms with Gasteiger partial charge in [-0.2, -0.15) is 0 Å². The molecule has 4 rings (SSSR count). The molecule has 0 aliphatic rings. The Morgan fingerprint density at radius 1 is 0.478 bits per heavy atom. The molecule has 0 amide bonds. The van der Waals surface area contributed by atoms with Gasteiger partial charge in [0.05, 0.1) is 0 Å². The third-order valence-corrected chi connectivity index (χ3v) is 6.34. The lowest BCUT2D eigenvalue weighted by molar-refractivity contribution is 1.65. The molecule has 110 valence electrons. The molecule has 1 aromatic heterocycles. The molecular weight excluding hydrogens is 295 g/mol. The van der Waals surface area contributed by atoms with Gasteiger partial charge >= 0.3 is 0 Å². The van der Waals surface area contributed by atoms with Crippen LogP contribution in [0.1, 0.15) is 0 Å². The number of rotatable bonds is 3. The van der Waals surface area contributed by atoms with Crippen LogP contribution in [0, 0.1) is 0 Å². The van der Waals surface area contributed by atoms with Gasteiger partial charge in [-0.25, -0.2) is 0 Å². The first-order valence-corrected chi connectivity index (χ1v) is 9.22. The topological polar surface area (TPSA) is 0 Å². The third-order valence-electron chi connectivity index (χ3n) is 4.05. The lowest BCUT2D eigenvalue weighted by atomic mass is 10.0. The molecule has 0 N–H and O–H groups in total. The Kier molecular flexibility index (Phi) is 3.84. The zero-order valence-electron chi connectivity index (χ0n) is 12.8. The first-order valence-electron chi connectivity index (χ1n) is 7.81. The maximum atomic E-state index is 2.38. The van der Waals surface area contributed by atoms with Crippen LogP contribution in [0.2, 0.25) is 0 Å². The number of hydrogen-bond acceptors (Lipinski definition) is 0. The van der Waals surface area contributed by atoms with Crippen molar-refractivity contribution in [3.8, 4) is 27.3 Å². The SMILES string of the molecule is c1ccc(-c2ccp(-c3ccccc3)c2-c2ccccc2)cc1. The van der Waals surface area contributed by atoms with Crippen molar-refractivity contribution in [1.82, 2.24) is 0 Å². The molecule has 0 aliphatic carbocycles. The first kappa shape index (κ1) is 14.1. The van der Waals surface area contributed by atoms with Crippen molar-refractivity contribution in [3.05, 3.63) is 103 Å². The van der Waals surface area contributed by atoms with Gasteiger partial charge in [0.15, 0.2) is 0 Å². The van der Waals surface area contributed by atoms with Crippen molar-refractivity contribution in [2.75, 3.05) is 0 Å². The average Bonchev–Trinajstić information content (AvgIpc) is 3.09. The molecule has 0 radical (unpaired) electrons. The van der Waals surface area contributed by atoms with Crippen molar-refractivity contribution >= 4 is 7.53 Å². The van der Waals surface area contributed by atoms with E-state index in [-0.39, 0.29) is 0 Å². The van der Waals surface area contributed by atoms with Crippen molar-refractivity contribution in [1.29, 1.82) is 0 Å². The average molecular weight is 312 g/mol. The molecular formula is C22H17P. The summed E-state index contributed by atoms with van der Waals surface area (Å²) in [5.74, 6) is 2.38. The molecule has 3 aromatic carbocycles. The van der Waals surface area contributed by atoms with Crippen LogP contribution in [0.4, 0.5) is 0 Å². The van der Waals surface area contributed by atoms with Crippen molar-refractivity contribution in [2.24, 2.45) is 0 Å². The lowest BCUT2D eigenvalue weighted by Crippen LogP contribution is -1.79. The highest BCUT2D eigenvalue weighted by atomic mass is 31.1. The lowest BCUT2D eigenvalue weighted by Gasteiger charge is -2.10. The Bertz CT molecular complexity index is 834. The van der Waals surface area contributed by atoms with E-state index < -0.39 is 7.53 Å². The number of hydrogen-bond donors (Lipinski definition) is 0. The summed E-state index contributed by atoms with van der Waals surface area (Å²) >= 11 is 0. The van der Waals surface area contributed by atoms with Crippen LogP contribution in [-0.2, 0) is 0 Å². The van der Waals surface area contributed by atoms with Gasteiger partial charge in [-0.05, 0) is 33.9 Å². The van der Waals surface area contributed by atoms with E-state index in [0.29, 0.717) is 0 Å². The van der Waals surface area contributed by atoms with E-state index in [1.165, 1.54) is 27.3 Å². The molecule has 1 unspecified atom stereocenters. The molecule has 0 spiro atoms. The fourth-order valence-electron chi connectivity index (χ4n) is 2.98. The Morgan fingerprint density at radius 2 is 1.00 bits per heavy atom. The molecule has 4 aromatic rings.